The summed E-state index contributed by atoms with van der Waals surface area (Å²) in [4.78, 5) is 27.6. The molecule has 1 aliphatic heterocycles. The van der Waals surface area contributed by atoms with E-state index in [-0.39, 0.29) is 11.3 Å². The summed E-state index contributed by atoms with van der Waals surface area (Å²) in [6, 6.07) is 12.7. The first-order valence-corrected chi connectivity index (χ1v) is 10.4. The van der Waals surface area contributed by atoms with Gasteiger partial charge >= 0.3 is 0 Å². The third-order valence-corrected chi connectivity index (χ3v) is 6.00. The minimum atomic E-state index is -0.941. The van der Waals surface area contributed by atoms with Crippen LogP contribution in [0.3, 0.4) is 0 Å². The Labute approximate surface area is 190 Å². The highest BCUT2D eigenvalue weighted by Crippen LogP contribution is 2.43. The average molecular weight is 452 g/mol. The van der Waals surface area contributed by atoms with E-state index >= 15 is 0 Å². The zero-order chi connectivity index (χ0) is 23.2. The van der Waals surface area contributed by atoms with Gasteiger partial charge in [-0.2, -0.15) is 0 Å². The molecule has 1 unspecified atom stereocenters. The number of halogens is 1. The van der Waals surface area contributed by atoms with E-state index in [9.17, 15) is 14.7 Å². The fraction of sp³-hybridized carbons (Fsp3) is 0.200. The Morgan fingerprint density at radius 2 is 1.78 bits per heavy atom. The van der Waals surface area contributed by atoms with Crippen LogP contribution >= 0.6 is 11.6 Å². The molecule has 1 N–H and O–H groups in total. The van der Waals surface area contributed by atoms with E-state index in [0.717, 1.165) is 5.56 Å². The molecule has 164 valence electrons. The van der Waals surface area contributed by atoms with E-state index < -0.39 is 17.7 Å². The molecule has 0 spiro atoms. The van der Waals surface area contributed by atoms with Gasteiger partial charge in [-0.15, -0.1) is 0 Å². The number of benzene rings is 2. The number of hydrogen-bond donors (Lipinski definition) is 1. The number of aryl methyl sites for hydroxylation is 3. The van der Waals surface area contributed by atoms with Gasteiger partial charge < -0.3 is 14.3 Å². The van der Waals surface area contributed by atoms with Crippen molar-refractivity contribution in [3.05, 3.63) is 87.3 Å². The SMILES string of the molecule is COc1ccc(/C(O)=C2/C(=O)C(=O)N(c3ccc(C)c(Cl)c3)C2c2ccc(C)o2)c(C)c1. The number of nitrogens with zero attached hydrogens (tertiary/aromatic N) is 1. The Balaban J connectivity index is 1.95. The number of aliphatic hydroxyl groups excluding tert-OH is 1. The molecule has 1 aliphatic rings. The van der Waals surface area contributed by atoms with E-state index in [0.29, 0.717) is 39.1 Å². The van der Waals surface area contributed by atoms with Crippen molar-refractivity contribution < 1.29 is 23.8 Å². The number of rotatable bonds is 4. The molecule has 1 saturated heterocycles. The van der Waals surface area contributed by atoms with Crippen molar-refractivity contribution in [3.63, 3.8) is 0 Å². The van der Waals surface area contributed by atoms with Crippen LogP contribution in [0.1, 0.15) is 34.3 Å². The predicted molar refractivity (Wildman–Crippen MR) is 122 cm³/mol. The van der Waals surface area contributed by atoms with Gasteiger partial charge in [0.25, 0.3) is 11.7 Å². The number of anilines is 1. The summed E-state index contributed by atoms with van der Waals surface area (Å²) in [5, 5.41) is 11.7. The van der Waals surface area contributed by atoms with Crippen LogP contribution in [0.2, 0.25) is 5.02 Å². The Kier molecular flexibility index (Phi) is 5.57. The van der Waals surface area contributed by atoms with Gasteiger partial charge in [0.2, 0.25) is 0 Å². The van der Waals surface area contributed by atoms with Crippen LogP contribution in [0, 0.1) is 20.8 Å². The molecule has 6 nitrogen and oxygen atoms in total. The van der Waals surface area contributed by atoms with Crippen molar-refractivity contribution in [2.45, 2.75) is 26.8 Å². The maximum Gasteiger partial charge on any atom is 0.300 e. The zero-order valence-electron chi connectivity index (χ0n) is 18.1. The summed E-state index contributed by atoms with van der Waals surface area (Å²) in [6.07, 6.45) is 0. The van der Waals surface area contributed by atoms with Gasteiger partial charge in [-0.3, -0.25) is 14.5 Å². The topological polar surface area (TPSA) is 80.0 Å². The summed E-state index contributed by atoms with van der Waals surface area (Å²) in [7, 11) is 1.55. The van der Waals surface area contributed by atoms with Crippen LogP contribution in [0.25, 0.3) is 5.76 Å². The number of Topliss-reactive ketones (excluding diaryl/α,β-unsaturated/α-hetero) is 1. The summed E-state index contributed by atoms with van der Waals surface area (Å²) in [6.45, 7) is 5.41. The molecule has 1 aromatic heterocycles. The van der Waals surface area contributed by atoms with Crippen molar-refractivity contribution in [3.8, 4) is 5.75 Å². The molecule has 0 radical (unpaired) electrons. The van der Waals surface area contributed by atoms with Crippen LogP contribution in [0.5, 0.6) is 5.75 Å². The van der Waals surface area contributed by atoms with Gasteiger partial charge in [-0.05, 0) is 74.4 Å². The van der Waals surface area contributed by atoms with Crippen LogP contribution in [-0.2, 0) is 9.59 Å². The normalized spacial score (nSPS) is 17.8. The molecule has 7 heteroatoms. The third-order valence-electron chi connectivity index (χ3n) is 5.60. The largest absolute Gasteiger partial charge is 0.507 e. The number of ether oxygens (including phenoxy) is 1. The lowest BCUT2D eigenvalue weighted by Crippen LogP contribution is -2.29. The van der Waals surface area contributed by atoms with Crippen LogP contribution in [-0.4, -0.2) is 23.9 Å². The first-order valence-electron chi connectivity index (χ1n) is 10.0. The predicted octanol–water partition coefficient (Wildman–Crippen LogP) is 5.49. The van der Waals surface area contributed by atoms with Gasteiger partial charge in [-0.25, -0.2) is 0 Å². The number of furan rings is 1. The first kappa shape index (κ1) is 21.7. The Morgan fingerprint density at radius 3 is 2.38 bits per heavy atom. The van der Waals surface area contributed by atoms with E-state index in [1.54, 1.807) is 69.5 Å². The fourth-order valence-corrected chi connectivity index (χ4v) is 4.05. The van der Waals surface area contributed by atoms with Gasteiger partial charge in [-0.1, -0.05) is 17.7 Å². The number of aliphatic hydroxyl groups is 1. The van der Waals surface area contributed by atoms with Crippen LogP contribution < -0.4 is 9.64 Å². The number of methoxy groups -OCH3 is 1. The first-order chi connectivity index (χ1) is 15.2. The molecule has 0 aliphatic carbocycles. The van der Waals surface area contributed by atoms with Crippen LogP contribution in [0.15, 0.2) is 58.5 Å². The smallest absolute Gasteiger partial charge is 0.300 e. The summed E-state index contributed by atoms with van der Waals surface area (Å²) >= 11 is 6.30. The molecule has 2 aromatic carbocycles. The Bertz CT molecular complexity index is 1270. The van der Waals surface area contributed by atoms with Gasteiger partial charge in [0, 0.05) is 16.3 Å². The van der Waals surface area contributed by atoms with E-state index in [2.05, 4.69) is 0 Å². The number of carbonyl (C=O) groups is 2. The molecule has 1 fully saturated rings. The summed E-state index contributed by atoms with van der Waals surface area (Å²) in [5.41, 5.74) is 2.35. The lowest BCUT2D eigenvalue weighted by molar-refractivity contribution is -0.132. The van der Waals surface area contributed by atoms with Crippen molar-refractivity contribution in [1.29, 1.82) is 0 Å². The maximum absolute atomic E-state index is 13.2. The van der Waals surface area contributed by atoms with Crippen molar-refractivity contribution in [1.82, 2.24) is 0 Å². The lowest BCUT2D eigenvalue weighted by atomic mass is 9.96. The quantitative estimate of drug-likeness (QED) is 0.322. The molecule has 1 atom stereocenters. The minimum Gasteiger partial charge on any atom is -0.507 e. The fourth-order valence-electron chi connectivity index (χ4n) is 3.87. The molecule has 0 saturated carbocycles. The minimum absolute atomic E-state index is 0.0469. The summed E-state index contributed by atoms with van der Waals surface area (Å²) < 4.78 is 11.0. The maximum atomic E-state index is 13.2. The average Bonchev–Trinajstić information content (AvgIpc) is 3.30. The second-order valence-electron chi connectivity index (χ2n) is 7.73. The second kappa shape index (κ2) is 8.20. The van der Waals surface area contributed by atoms with Gasteiger partial charge in [0.1, 0.15) is 29.1 Å². The number of ketones is 1. The molecule has 1 amide bonds. The standard InChI is InChI=1S/C25H22ClNO5/c1-13-5-7-16(12-19(13)26)27-22(20-10-6-15(3)32-20)21(24(29)25(27)30)23(28)18-9-8-17(31-4)11-14(18)2/h5-12,22,28H,1-4H3/b23-21-. The number of hydrogen-bond acceptors (Lipinski definition) is 5. The monoisotopic (exact) mass is 451 g/mol. The van der Waals surface area contributed by atoms with Gasteiger partial charge in [0.15, 0.2) is 0 Å². The number of amides is 1. The van der Waals surface area contributed by atoms with Crippen LogP contribution in [0.4, 0.5) is 5.69 Å². The van der Waals surface area contributed by atoms with E-state index in [1.807, 2.05) is 6.92 Å². The molecular formula is C25H22ClNO5. The molecule has 4 rings (SSSR count). The second-order valence-corrected chi connectivity index (χ2v) is 8.14. The van der Waals surface area contributed by atoms with Gasteiger partial charge in [0.05, 0.1) is 12.7 Å². The lowest BCUT2D eigenvalue weighted by Gasteiger charge is -2.24. The Morgan fingerprint density at radius 1 is 1.03 bits per heavy atom. The highest BCUT2D eigenvalue weighted by atomic mass is 35.5. The third kappa shape index (κ3) is 3.56. The molecule has 0 bridgehead atoms. The molecule has 3 aromatic rings. The van der Waals surface area contributed by atoms with Crippen molar-refractivity contribution >= 4 is 34.7 Å². The highest BCUT2D eigenvalue weighted by Gasteiger charge is 2.48. The van der Waals surface area contributed by atoms with Crippen molar-refractivity contribution in [2.75, 3.05) is 12.0 Å². The highest BCUT2D eigenvalue weighted by molar-refractivity contribution is 6.51. The Hall–Kier alpha value is -3.51. The van der Waals surface area contributed by atoms with Crippen molar-refractivity contribution in [2.24, 2.45) is 0 Å². The van der Waals surface area contributed by atoms with E-state index in [1.165, 1.54) is 4.90 Å². The zero-order valence-corrected chi connectivity index (χ0v) is 18.9. The molecule has 2 heterocycles. The number of carbonyl (C=O) groups excluding carboxylic acids is 2. The van der Waals surface area contributed by atoms with E-state index in [4.69, 9.17) is 20.8 Å². The molecular weight excluding hydrogens is 430 g/mol. The molecule has 32 heavy (non-hydrogen) atoms. The summed E-state index contributed by atoms with van der Waals surface area (Å²) in [5.74, 6) is -0.236.